The third-order valence-corrected chi connectivity index (χ3v) is 6.67. The monoisotopic (exact) mass is 476 g/mol. The Morgan fingerprint density at radius 2 is 1.82 bits per heavy atom. The van der Waals surface area contributed by atoms with Gasteiger partial charge in [0.25, 0.3) is 5.91 Å². The molecule has 0 saturated heterocycles. The van der Waals surface area contributed by atoms with Crippen LogP contribution in [0.15, 0.2) is 59.6 Å². The van der Waals surface area contributed by atoms with Crippen molar-refractivity contribution in [1.82, 2.24) is 4.57 Å². The van der Waals surface area contributed by atoms with Crippen LogP contribution < -0.4 is 14.3 Å². The van der Waals surface area contributed by atoms with E-state index in [1.807, 2.05) is 59.2 Å². The number of esters is 1. The Morgan fingerprint density at radius 1 is 1.06 bits per heavy atom. The molecule has 0 atom stereocenters. The first kappa shape index (κ1) is 22.2. The van der Waals surface area contributed by atoms with Crippen molar-refractivity contribution >= 4 is 44.2 Å². The SMILES string of the molecule is CCOC(=O)CCn1c(=NC(=O)Cc2cccc3ccccc23)sc2cc3c(cc21)OCCO3. The second kappa shape index (κ2) is 9.69. The molecule has 7 nitrogen and oxygen atoms in total. The van der Waals surface area contributed by atoms with Crippen molar-refractivity contribution in [2.75, 3.05) is 19.8 Å². The minimum absolute atomic E-state index is 0.179. The standard InChI is InChI=1S/C26H24N2O5S/c1-2-31-25(30)10-11-28-20-15-21-22(33-13-12-32-21)16-23(20)34-26(28)27-24(29)14-18-8-5-7-17-6-3-4-9-19(17)18/h3-9,15-16H,2,10-14H2,1H3. The van der Waals surface area contributed by atoms with E-state index < -0.39 is 0 Å². The zero-order valence-corrected chi connectivity index (χ0v) is 19.6. The van der Waals surface area contributed by atoms with Crippen molar-refractivity contribution < 1.29 is 23.8 Å². The van der Waals surface area contributed by atoms with Crippen molar-refractivity contribution in [3.8, 4) is 11.5 Å². The van der Waals surface area contributed by atoms with Crippen molar-refractivity contribution in [3.05, 3.63) is 65.0 Å². The Kier molecular flexibility index (Phi) is 6.31. The summed E-state index contributed by atoms with van der Waals surface area (Å²) < 4.78 is 19.3. The number of thiazole rings is 1. The van der Waals surface area contributed by atoms with Gasteiger partial charge in [-0.1, -0.05) is 53.8 Å². The van der Waals surface area contributed by atoms with Crippen molar-refractivity contribution in [3.63, 3.8) is 0 Å². The number of carbonyl (C=O) groups excluding carboxylic acids is 2. The predicted octanol–water partition coefficient (Wildman–Crippen LogP) is 4.25. The fraction of sp³-hybridized carbons (Fsp3) is 0.269. The van der Waals surface area contributed by atoms with Crippen LogP contribution in [-0.4, -0.2) is 36.3 Å². The van der Waals surface area contributed by atoms with Gasteiger partial charge in [-0.15, -0.1) is 0 Å². The van der Waals surface area contributed by atoms with Gasteiger partial charge in [0.15, 0.2) is 16.3 Å². The van der Waals surface area contributed by atoms with Crippen LogP contribution in [-0.2, 0) is 27.3 Å². The van der Waals surface area contributed by atoms with Crippen LogP contribution in [0.3, 0.4) is 0 Å². The summed E-state index contributed by atoms with van der Waals surface area (Å²) in [7, 11) is 0. The number of benzene rings is 3. The van der Waals surface area contributed by atoms with Crippen LogP contribution >= 0.6 is 11.3 Å². The van der Waals surface area contributed by atoms with E-state index in [4.69, 9.17) is 14.2 Å². The van der Waals surface area contributed by atoms with Gasteiger partial charge in [-0.2, -0.15) is 4.99 Å². The summed E-state index contributed by atoms with van der Waals surface area (Å²) >= 11 is 1.39. The third kappa shape index (κ3) is 4.54. The molecule has 1 aliphatic heterocycles. The van der Waals surface area contributed by atoms with Crippen molar-refractivity contribution in [1.29, 1.82) is 0 Å². The summed E-state index contributed by atoms with van der Waals surface area (Å²) in [5.74, 6) is 0.784. The van der Waals surface area contributed by atoms with E-state index in [0.29, 0.717) is 42.7 Å². The molecule has 0 N–H and O–H groups in total. The predicted molar refractivity (Wildman–Crippen MR) is 130 cm³/mol. The Balaban J connectivity index is 1.53. The lowest BCUT2D eigenvalue weighted by atomic mass is 10.0. The van der Waals surface area contributed by atoms with Crippen LogP contribution in [0.1, 0.15) is 18.9 Å². The lowest BCUT2D eigenvalue weighted by Crippen LogP contribution is -2.20. The van der Waals surface area contributed by atoms with Crippen LogP contribution in [0.25, 0.3) is 21.0 Å². The molecular formula is C26H24N2O5S. The highest BCUT2D eigenvalue weighted by atomic mass is 32.1. The summed E-state index contributed by atoms with van der Waals surface area (Å²) in [6.07, 6.45) is 0.370. The summed E-state index contributed by atoms with van der Waals surface area (Å²) in [5, 5.41) is 2.13. The molecule has 2 heterocycles. The van der Waals surface area contributed by atoms with E-state index in [0.717, 1.165) is 26.6 Å². The smallest absolute Gasteiger partial charge is 0.307 e. The maximum atomic E-state index is 13.0. The van der Waals surface area contributed by atoms with Gasteiger partial charge in [-0.25, -0.2) is 0 Å². The highest BCUT2D eigenvalue weighted by molar-refractivity contribution is 7.16. The molecule has 34 heavy (non-hydrogen) atoms. The fourth-order valence-electron chi connectivity index (χ4n) is 4.10. The molecule has 1 aliphatic rings. The molecule has 1 aromatic heterocycles. The molecular weight excluding hydrogens is 452 g/mol. The molecule has 0 fully saturated rings. The number of nitrogens with zero attached hydrogens (tertiary/aromatic N) is 2. The molecule has 0 bridgehead atoms. The molecule has 1 amide bonds. The normalized spacial score (nSPS) is 13.4. The molecule has 0 aliphatic carbocycles. The largest absolute Gasteiger partial charge is 0.486 e. The average molecular weight is 477 g/mol. The molecule has 0 radical (unpaired) electrons. The summed E-state index contributed by atoms with van der Waals surface area (Å²) in [6, 6.07) is 17.7. The zero-order valence-electron chi connectivity index (χ0n) is 18.8. The second-order valence-corrected chi connectivity index (χ2v) is 8.88. The van der Waals surface area contributed by atoms with Gasteiger partial charge in [0.05, 0.1) is 29.7 Å². The molecule has 4 aromatic rings. The Hall–Kier alpha value is -3.65. The minimum Gasteiger partial charge on any atom is -0.486 e. The van der Waals surface area contributed by atoms with E-state index in [1.54, 1.807) is 6.92 Å². The number of ether oxygens (including phenoxy) is 3. The Morgan fingerprint density at radius 3 is 2.65 bits per heavy atom. The number of rotatable bonds is 6. The minimum atomic E-state index is -0.292. The quantitative estimate of drug-likeness (QED) is 0.389. The summed E-state index contributed by atoms with van der Waals surface area (Å²) in [6.45, 7) is 3.42. The van der Waals surface area contributed by atoms with Crippen LogP contribution in [0.2, 0.25) is 0 Å². The van der Waals surface area contributed by atoms with E-state index in [9.17, 15) is 9.59 Å². The van der Waals surface area contributed by atoms with Gasteiger partial charge in [-0.3, -0.25) is 9.59 Å². The van der Waals surface area contributed by atoms with E-state index in [-0.39, 0.29) is 24.7 Å². The number of hydrogen-bond donors (Lipinski definition) is 0. The third-order valence-electron chi connectivity index (χ3n) is 5.63. The molecule has 0 unspecified atom stereocenters. The van der Waals surface area contributed by atoms with E-state index >= 15 is 0 Å². The zero-order chi connectivity index (χ0) is 23.5. The van der Waals surface area contributed by atoms with Crippen molar-refractivity contribution in [2.24, 2.45) is 4.99 Å². The fourth-order valence-corrected chi connectivity index (χ4v) is 5.18. The number of carbonyl (C=O) groups is 2. The maximum absolute atomic E-state index is 13.0. The van der Waals surface area contributed by atoms with Crippen LogP contribution in [0.4, 0.5) is 0 Å². The van der Waals surface area contributed by atoms with Crippen LogP contribution in [0.5, 0.6) is 11.5 Å². The molecule has 0 spiro atoms. The molecule has 3 aromatic carbocycles. The van der Waals surface area contributed by atoms with Gasteiger partial charge >= 0.3 is 5.97 Å². The topological polar surface area (TPSA) is 79.1 Å². The number of fused-ring (bicyclic) bond motifs is 3. The average Bonchev–Trinajstić information content (AvgIpc) is 3.17. The molecule has 174 valence electrons. The lowest BCUT2D eigenvalue weighted by molar-refractivity contribution is -0.143. The maximum Gasteiger partial charge on any atom is 0.307 e. The van der Waals surface area contributed by atoms with E-state index in [2.05, 4.69) is 4.99 Å². The first-order valence-electron chi connectivity index (χ1n) is 11.2. The number of aromatic nitrogens is 1. The Bertz CT molecular complexity index is 1450. The summed E-state index contributed by atoms with van der Waals surface area (Å²) in [4.78, 5) is 30.1. The number of aryl methyl sites for hydroxylation is 1. The Labute approximate surface area is 200 Å². The second-order valence-electron chi connectivity index (χ2n) is 7.88. The van der Waals surface area contributed by atoms with Crippen molar-refractivity contribution in [2.45, 2.75) is 26.3 Å². The lowest BCUT2D eigenvalue weighted by Gasteiger charge is -2.18. The van der Waals surface area contributed by atoms with Gasteiger partial charge in [0.2, 0.25) is 0 Å². The highest BCUT2D eigenvalue weighted by Gasteiger charge is 2.18. The van der Waals surface area contributed by atoms with Crippen LogP contribution in [0, 0.1) is 0 Å². The van der Waals surface area contributed by atoms with Gasteiger partial charge < -0.3 is 18.8 Å². The first-order valence-corrected chi connectivity index (χ1v) is 12.1. The van der Waals surface area contributed by atoms with Gasteiger partial charge in [0.1, 0.15) is 13.2 Å². The molecule has 8 heteroatoms. The van der Waals surface area contributed by atoms with Gasteiger partial charge in [0, 0.05) is 18.7 Å². The molecule has 5 rings (SSSR count). The number of amides is 1. The molecule has 0 saturated carbocycles. The van der Waals surface area contributed by atoms with Gasteiger partial charge in [-0.05, 0) is 23.3 Å². The highest BCUT2D eigenvalue weighted by Crippen LogP contribution is 2.35. The number of hydrogen-bond acceptors (Lipinski definition) is 6. The van der Waals surface area contributed by atoms with E-state index in [1.165, 1.54) is 11.3 Å². The first-order chi connectivity index (χ1) is 16.6. The summed E-state index contributed by atoms with van der Waals surface area (Å²) in [5.41, 5.74) is 1.78.